The number of anilines is 1. The van der Waals surface area contributed by atoms with Crippen molar-refractivity contribution in [3.8, 4) is 17.2 Å². The number of aryl methyl sites for hydroxylation is 1. The molecule has 0 bridgehead atoms. The zero-order valence-corrected chi connectivity index (χ0v) is 11.9. The van der Waals surface area contributed by atoms with Crippen LogP contribution in [0.3, 0.4) is 0 Å². The summed E-state index contributed by atoms with van der Waals surface area (Å²) >= 11 is 1.51. The molecule has 0 aliphatic carbocycles. The third-order valence-corrected chi connectivity index (χ3v) is 3.54. The summed E-state index contributed by atoms with van der Waals surface area (Å²) in [6.07, 6.45) is 1.68. The van der Waals surface area contributed by atoms with E-state index in [1.165, 1.54) is 11.3 Å². The molecule has 0 radical (unpaired) electrons. The van der Waals surface area contributed by atoms with Crippen molar-refractivity contribution < 1.29 is 14.2 Å². The number of nitrogens with one attached hydrogen (secondary N) is 1. The van der Waals surface area contributed by atoms with Crippen molar-refractivity contribution in [2.24, 2.45) is 5.10 Å². The third-order valence-electron chi connectivity index (χ3n) is 2.67. The van der Waals surface area contributed by atoms with Crippen molar-refractivity contribution in [3.05, 3.63) is 28.8 Å². The van der Waals surface area contributed by atoms with Crippen LogP contribution in [0.4, 0.5) is 5.13 Å². The van der Waals surface area contributed by atoms with E-state index < -0.39 is 0 Å². The van der Waals surface area contributed by atoms with Crippen molar-refractivity contribution in [2.75, 3.05) is 19.3 Å². The Morgan fingerprint density at radius 3 is 3.10 bits per heavy atom. The monoisotopic (exact) mass is 291 g/mol. The molecule has 1 N–H and O–H groups in total. The number of ether oxygens (including phenoxy) is 3. The highest BCUT2D eigenvalue weighted by Crippen LogP contribution is 2.41. The lowest BCUT2D eigenvalue weighted by Crippen LogP contribution is -1.93. The molecule has 0 fully saturated rings. The largest absolute Gasteiger partial charge is 0.493 e. The van der Waals surface area contributed by atoms with E-state index in [4.69, 9.17) is 14.2 Å². The van der Waals surface area contributed by atoms with Crippen LogP contribution in [-0.4, -0.2) is 25.1 Å². The van der Waals surface area contributed by atoms with Gasteiger partial charge in [-0.25, -0.2) is 4.98 Å². The highest BCUT2D eigenvalue weighted by Gasteiger charge is 2.19. The minimum Gasteiger partial charge on any atom is -0.493 e. The van der Waals surface area contributed by atoms with Crippen molar-refractivity contribution in [3.63, 3.8) is 0 Å². The van der Waals surface area contributed by atoms with Gasteiger partial charge in [0.05, 0.1) is 19.0 Å². The maximum Gasteiger partial charge on any atom is 0.231 e. The molecule has 0 amide bonds. The summed E-state index contributed by atoms with van der Waals surface area (Å²) in [7, 11) is 1.59. The summed E-state index contributed by atoms with van der Waals surface area (Å²) in [5.41, 5.74) is 4.71. The Hall–Kier alpha value is -2.28. The molecule has 7 heteroatoms. The minimum atomic E-state index is 0.211. The van der Waals surface area contributed by atoms with Crippen LogP contribution in [0.5, 0.6) is 17.2 Å². The Bertz CT molecular complexity index is 654. The normalized spacial score (nSPS) is 12.9. The first kappa shape index (κ1) is 12.7. The van der Waals surface area contributed by atoms with E-state index >= 15 is 0 Å². The zero-order chi connectivity index (χ0) is 13.9. The first-order valence-corrected chi connectivity index (χ1v) is 6.83. The molecule has 1 aromatic carbocycles. The number of benzene rings is 1. The van der Waals surface area contributed by atoms with Crippen molar-refractivity contribution in [1.82, 2.24) is 4.98 Å². The van der Waals surface area contributed by atoms with Gasteiger partial charge in [-0.15, -0.1) is 11.3 Å². The molecule has 1 aromatic heterocycles. The molecule has 0 saturated carbocycles. The van der Waals surface area contributed by atoms with E-state index in [1.807, 2.05) is 24.4 Å². The molecule has 2 aromatic rings. The Morgan fingerprint density at radius 1 is 1.45 bits per heavy atom. The minimum absolute atomic E-state index is 0.211. The predicted molar refractivity (Wildman–Crippen MR) is 77.2 cm³/mol. The van der Waals surface area contributed by atoms with Gasteiger partial charge in [0.15, 0.2) is 11.5 Å². The molecule has 104 valence electrons. The van der Waals surface area contributed by atoms with Gasteiger partial charge in [-0.2, -0.15) is 5.10 Å². The van der Waals surface area contributed by atoms with Crippen LogP contribution in [0.1, 0.15) is 11.3 Å². The number of fused-ring (bicyclic) bond motifs is 1. The molecule has 1 aliphatic heterocycles. The van der Waals surface area contributed by atoms with E-state index in [0.717, 1.165) is 16.4 Å². The molecule has 0 spiro atoms. The zero-order valence-electron chi connectivity index (χ0n) is 11.0. The summed E-state index contributed by atoms with van der Waals surface area (Å²) < 4.78 is 16.0. The lowest BCUT2D eigenvalue weighted by molar-refractivity contribution is 0.171. The molecule has 20 heavy (non-hydrogen) atoms. The summed E-state index contributed by atoms with van der Waals surface area (Å²) in [5, 5.41) is 6.86. The second-order valence-electron chi connectivity index (χ2n) is 4.12. The Labute approximate surface area is 120 Å². The maximum absolute atomic E-state index is 5.35. The SMILES string of the molecule is COc1cc(C=NNc2nc(C)cs2)cc2c1OCO2. The van der Waals surface area contributed by atoms with Gasteiger partial charge in [-0.3, -0.25) is 5.43 Å². The smallest absolute Gasteiger partial charge is 0.231 e. The van der Waals surface area contributed by atoms with Gasteiger partial charge in [0.1, 0.15) is 0 Å². The van der Waals surface area contributed by atoms with Gasteiger partial charge in [-0.05, 0) is 19.1 Å². The summed E-state index contributed by atoms with van der Waals surface area (Å²) in [6.45, 7) is 2.15. The molecule has 6 nitrogen and oxygen atoms in total. The van der Waals surface area contributed by atoms with Crippen molar-refractivity contribution in [1.29, 1.82) is 0 Å². The van der Waals surface area contributed by atoms with Crippen LogP contribution in [0.25, 0.3) is 0 Å². The summed E-state index contributed by atoms with van der Waals surface area (Å²) in [5.74, 6) is 1.93. The first-order chi connectivity index (χ1) is 9.76. The molecular weight excluding hydrogens is 278 g/mol. The fraction of sp³-hybridized carbons (Fsp3) is 0.231. The van der Waals surface area contributed by atoms with Crippen LogP contribution in [0.15, 0.2) is 22.6 Å². The van der Waals surface area contributed by atoms with Gasteiger partial charge in [-0.1, -0.05) is 0 Å². The van der Waals surface area contributed by atoms with Gasteiger partial charge in [0, 0.05) is 10.9 Å². The Morgan fingerprint density at radius 2 is 2.35 bits per heavy atom. The van der Waals surface area contributed by atoms with E-state index in [2.05, 4.69) is 15.5 Å². The second kappa shape index (κ2) is 5.38. The van der Waals surface area contributed by atoms with Gasteiger partial charge in [0.2, 0.25) is 17.7 Å². The van der Waals surface area contributed by atoms with E-state index in [-0.39, 0.29) is 6.79 Å². The number of methoxy groups -OCH3 is 1. The number of hydrazone groups is 1. The first-order valence-electron chi connectivity index (χ1n) is 5.95. The van der Waals surface area contributed by atoms with Crippen LogP contribution in [-0.2, 0) is 0 Å². The number of nitrogens with zero attached hydrogens (tertiary/aromatic N) is 2. The number of rotatable bonds is 4. The Balaban J connectivity index is 1.77. The van der Waals surface area contributed by atoms with Crippen LogP contribution in [0.2, 0.25) is 0 Å². The molecule has 1 aliphatic rings. The average Bonchev–Trinajstić information content (AvgIpc) is 3.06. The van der Waals surface area contributed by atoms with Gasteiger partial charge < -0.3 is 14.2 Å². The van der Waals surface area contributed by atoms with E-state index in [1.54, 1.807) is 13.3 Å². The van der Waals surface area contributed by atoms with Gasteiger partial charge in [0.25, 0.3) is 0 Å². The maximum atomic E-state index is 5.35. The molecule has 2 heterocycles. The van der Waals surface area contributed by atoms with Crippen LogP contribution >= 0.6 is 11.3 Å². The van der Waals surface area contributed by atoms with Crippen molar-refractivity contribution in [2.45, 2.75) is 6.92 Å². The fourth-order valence-corrected chi connectivity index (χ4v) is 2.43. The number of aromatic nitrogens is 1. The second-order valence-corrected chi connectivity index (χ2v) is 4.98. The third kappa shape index (κ3) is 2.53. The van der Waals surface area contributed by atoms with E-state index in [0.29, 0.717) is 17.2 Å². The number of hydrogen-bond acceptors (Lipinski definition) is 7. The highest BCUT2D eigenvalue weighted by atomic mass is 32.1. The number of hydrogen-bond donors (Lipinski definition) is 1. The molecular formula is C13H13N3O3S. The standard InChI is InChI=1S/C13H13N3O3S/c1-8-6-20-13(15-8)16-14-5-9-3-10(17-2)12-11(4-9)18-7-19-12/h3-6H,7H2,1-2H3,(H,15,16). The highest BCUT2D eigenvalue weighted by molar-refractivity contribution is 7.13. The fourth-order valence-electron chi connectivity index (χ4n) is 1.79. The number of thiazole rings is 1. The van der Waals surface area contributed by atoms with Crippen molar-refractivity contribution >= 4 is 22.7 Å². The summed E-state index contributed by atoms with van der Waals surface area (Å²) in [6, 6.07) is 3.69. The molecule has 0 atom stereocenters. The topological polar surface area (TPSA) is 65.0 Å². The molecule has 3 rings (SSSR count). The van der Waals surface area contributed by atoms with Crippen LogP contribution < -0.4 is 19.6 Å². The lowest BCUT2D eigenvalue weighted by atomic mass is 10.2. The average molecular weight is 291 g/mol. The van der Waals surface area contributed by atoms with Crippen LogP contribution in [0, 0.1) is 6.92 Å². The molecule has 0 saturated heterocycles. The van der Waals surface area contributed by atoms with E-state index in [9.17, 15) is 0 Å². The quantitative estimate of drug-likeness (QED) is 0.693. The summed E-state index contributed by atoms with van der Waals surface area (Å²) in [4.78, 5) is 4.26. The Kier molecular flexibility index (Phi) is 3.42. The lowest BCUT2D eigenvalue weighted by Gasteiger charge is -2.05. The molecule has 0 unspecified atom stereocenters. The van der Waals surface area contributed by atoms with Gasteiger partial charge >= 0.3 is 0 Å². The predicted octanol–water partition coefficient (Wildman–Crippen LogP) is 2.63.